The van der Waals surface area contributed by atoms with Crippen LogP contribution in [-0.2, 0) is 4.79 Å². The van der Waals surface area contributed by atoms with Crippen molar-refractivity contribution in [1.29, 1.82) is 0 Å². The van der Waals surface area contributed by atoms with E-state index in [0.717, 1.165) is 32.2 Å². The number of rotatable bonds is 4. The van der Waals surface area contributed by atoms with Crippen LogP contribution in [0, 0.1) is 11.3 Å². The zero-order valence-electron chi connectivity index (χ0n) is 10.0. The topological polar surface area (TPSA) is 49.3 Å². The van der Waals surface area contributed by atoms with Crippen LogP contribution in [0.5, 0.6) is 0 Å². The van der Waals surface area contributed by atoms with Gasteiger partial charge in [0.15, 0.2) is 0 Å². The highest BCUT2D eigenvalue weighted by Gasteiger charge is 2.27. The first-order valence-corrected chi connectivity index (χ1v) is 5.92. The molecule has 2 N–H and O–H groups in total. The molecule has 88 valence electrons. The van der Waals surface area contributed by atoms with E-state index < -0.39 is 0 Å². The number of hydrogen-bond acceptors (Lipinski definition) is 2. The van der Waals surface area contributed by atoms with E-state index in [1.165, 1.54) is 0 Å². The van der Waals surface area contributed by atoms with Crippen LogP contribution in [0.15, 0.2) is 0 Å². The second-order valence-corrected chi connectivity index (χ2v) is 5.28. The molecule has 2 unspecified atom stereocenters. The lowest BCUT2D eigenvalue weighted by atomic mass is 9.89. The molecule has 3 nitrogen and oxygen atoms in total. The fourth-order valence-corrected chi connectivity index (χ4v) is 1.87. The molecule has 0 spiro atoms. The average Bonchev–Trinajstić information content (AvgIpc) is 2.60. The number of aliphatic hydroxyl groups is 1. The molecular formula is C12H23NO2. The van der Waals surface area contributed by atoms with Gasteiger partial charge in [0.2, 0.25) is 5.91 Å². The Hall–Kier alpha value is -0.570. The molecule has 15 heavy (non-hydrogen) atoms. The largest absolute Gasteiger partial charge is 0.393 e. The molecule has 1 saturated carbocycles. The number of aliphatic hydroxyl groups excluding tert-OH is 1. The van der Waals surface area contributed by atoms with Crippen molar-refractivity contribution in [3.05, 3.63) is 0 Å². The van der Waals surface area contributed by atoms with E-state index in [1.54, 1.807) is 0 Å². The van der Waals surface area contributed by atoms with E-state index in [0.29, 0.717) is 5.92 Å². The van der Waals surface area contributed by atoms with Gasteiger partial charge in [-0.3, -0.25) is 4.79 Å². The number of nitrogens with one attached hydrogen (secondary N) is 1. The number of hydrogen-bond donors (Lipinski definition) is 2. The Kier molecular flexibility index (Phi) is 4.14. The summed E-state index contributed by atoms with van der Waals surface area (Å²) in [7, 11) is 0. The third kappa shape index (κ3) is 3.49. The first kappa shape index (κ1) is 12.5. The third-order valence-electron chi connectivity index (χ3n) is 3.56. The van der Waals surface area contributed by atoms with Gasteiger partial charge in [0.1, 0.15) is 0 Å². The first-order valence-electron chi connectivity index (χ1n) is 5.92. The maximum Gasteiger partial charge on any atom is 0.225 e. The highest BCUT2D eigenvalue weighted by atomic mass is 16.3. The highest BCUT2D eigenvalue weighted by molar-refractivity contribution is 5.81. The van der Waals surface area contributed by atoms with Crippen LogP contribution in [0.1, 0.15) is 46.5 Å². The molecule has 3 heteroatoms. The Balaban J connectivity index is 2.28. The number of carbonyl (C=O) groups excluding carboxylic acids is 1. The van der Waals surface area contributed by atoms with Gasteiger partial charge in [-0.1, -0.05) is 20.8 Å². The van der Waals surface area contributed by atoms with Crippen LogP contribution in [0.4, 0.5) is 0 Å². The van der Waals surface area contributed by atoms with E-state index in [1.807, 2.05) is 20.8 Å². The summed E-state index contributed by atoms with van der Waals surface area (Å²) in [5.74, 6) is 0.600. The Morgan fingerprint density at radius 1 is 1.47 bits per heavy atom. The summed E-state index contributed by atoms with van der Waals surface area (Å²) in [5.41, 5.74) is -0.267. The van der Waals surface area contributed by atoms with E-state index in [9.17, 15) is 9.90 Å². The lowest BCUT2D eigenvalue weighted by Crippen LogP contribution is -2.38. The predicted octanol–water partition coefficient (Wildman–Crippen LogP) is 1.70. The summed E-state index contributed by atoms with van der Waals surface area (Å²) < 4.78 is 0. The summed E-state index contributed by atoms with van der Waals surface area (Å²) in [5, 5.41) is 12.3. The molecule has 1 rings (SSSR count). The van der Waals surface area contributed by atoms with Gasteiger partial charge in [0.25, 0.3) is 0 Å². The lowest BCUT2D eigenvalue weighted by Gasteiger charge is -2.22. The van der Waals surface area contributed by atoms with Crippen LogP contribution in [0.3, 0.4) is 0 Å². The van der Waals surface area contributed by atoms with Crippen LogP contribution in [0.25, 0.3) is 0 Å². The molecule has 0 bridgehead atoms. The Labute approximate surface area is 92.3 Å². The quantitative estimate of drug-likeness (QED) is 0.746. The molecule has 0 aliphatic heterocycles. The zero-order valence-corrected chi connectivity index (χ0v) is 10.0. The van der Waals surface area contributed by atoms with E-state index >= 15 is 0 Å². The molecule has 0 aromatic heterocycles. The van der Waals surface area contributed by atoms with Crippen molar-refractivity contribution >= 4 is 5.91 Å². The summed E-state index contributed by atoms with van der Waals surface area (Å²) in [4.78, 5) is 11.8. The SMILES string of the molecule is CCC(C)(C)C(=O)NCC1CCC(O)C1. The summed E-state index contributed by atoms with van der Waals surface area (Å²) in [6, 6.07) is 0. The molecule has 2 atom stereocenters. The number of amides is 1. The zero-order chi connectivity index (χ0) is 11.5. The van der Waals surface area contributed by atoms with Gasteiger partial charge in [-0.25, -0.2) is 0 Å². The van der Waals surface area contributed by atoms with Gasteiger partial charge in [0, 0.05) is 12.0 Å². The molecule has 0 aromatic carbocycles. The van der Waals surface area contributed by atoms with Gasteiger partial charge in [-0.15, -0.1) is 0 Å². The smallest absolute Gasteiger partial charge is 0.225 e. The van der Waals surface area contributed by atoms with Gasteiger partial charge >= 0.3 is 0 Å². The van der Waals surface area contributed by atoms with Crippen LogP contribution in [-0.4, -0.2) is 23.7 Å². The minimum atomic E-state index is -0.267. The van der Waals surface area contributed by atoms with Crippen molar-refractivity contribution in [2.75, 3.05) is 6.54 Å². The van der Waals surface area contributed by atoms with Gasteiger partial charge < -0.3 is 10.4 Å². The average molecular weight is 213 g/mol. The minimum Gasteiger partial charge on any atom is -0.393 e. The van der Waals surface area contributed by atoms with Crippen molar-refractivity contribution < 1.29 is 9.90 Å². The van der Waals surface area contributed by atoms with Crippen molar-refractivity contribution in [2.24, 2.45) is 11.3 Å². The maximum atomic E-state index is 11.8. The predicted molar refractivity (Wildman–Crippen MR) is 60.4 cm³/mol. The lowest BCUT2D eigenvalue weighted by molar-refractivity contribution is -0.129. The van der Waals surface area contributed by atoms with E-state index in [4.69, 9.17) is 0 Å². The molecule has 1 fully saturated rings. The molecule has 0 saturated heterocycles. The maximum absolute atomic E-state index is 11.8. The fourth-order valence-electron chi connectivity index (χ4n) is 1.87. The molecule has 1 aliphatic carbocycles. The Bertz CT molecular complexity index is 226. The fraction of sp³-hybridized carbons (Fsp3) is 0.917. The van der Waals surface area contributed by atoms with Crippen molar-refractivity contribution in [3.8, 4) is 0 Å². The van der Waals surface area contributed by atoms with Gasteiger partial charge in [-0.05, 0) is 31.6 Å². The van der Waals surface area contributed by atoms with Crippen LogP contribution < -0.4 is 5.32 Å². The highest BCUT2D eigenvalue weighted by Crippen LogP contribution is 2.25. The summed E-state index contributed by atoms with van der Waals surface area (Å²) in [6.45, 7) is 6.68. The van der Waals surface area contributed by atoms with Gasteiger partial charge in [0.05, 0.1) is 6.10 Å². The van der Waals surface area contributed by atoms with E-state index in [2.05, 4.69) is 5.32 Å². The third-order valence-corrected chi connectivity index (χ3v) is 3.56. The molecular weight excluding hydrogens is 190 g/mol. The van der Waals surface area contributed by atoms with Crippen molar-refractivity contribution in [2.45, 2.75) is 52.6 Å². The molecule has 0 aromatic rings. The monoisotopic (exact) mass is 213 g/mol. The van der Waals surface area contributed by atoms with Crippen molar-refractivity contribution in [1.82, 2.24) is 5.32 Å². The molecule has 1 amide bonds. The molecule has 0 radical (unpaired) electrons. The van der Waals surface area contributed by atoms with Crippen LogP contribution in [0.2, 0.25) is 0 Å². The first-order chi connectivity index (χ1) is 6.95. The number of carbonyl (C=O) groups is 1. The second-order valence-electron chi connectivity index (χ2n) is 5.28. The second kappa shape index (κ2) is 4.97. The van der Waals surface area contributed by atoms with Crippen molar-refractivity contribution in [3.63, 3.8) is 0 Å². The Morgan fingerprint density at radius 2 is 2.13 bits per heavy atom. The van der Waals surface area contributed by atoms with Gasteiger partial charge in [-0.2, -0.15) is 0 Å². The minimum absolute atomic E-state index is 0.131. The Morgan fingerprint density at radius 3 is 2.60 bits per heavy atom. The standard InChI is InChI=1S/C12H23NO2/c1-4-12(2,3)11(15)13-8-9-5-6-10(14)7-9/h9-10,14H,4-8H2,1-3H3,(H,13,15). The molecule has 0 heterocycles. The summed E-state index contributed by atoms with van der Waals surface area (Å²) in [6.07, 6.45) is 3.47. The summed E-state index contributed by atoms with van der Waals surface area (Å²) >= 11 is 0. The van der Waals surface area contributed by atoms with E-state index in [-0.39, 0.29) is 17.4 Å². The van der Waals surface area contributed by atoms with Crippen LogP contribution >= 0.6 is 0 Å². The molecule has 1 aliphatic rings. The normalized spacial score (nSPS) is 26.7.